The van der Waals surface area contributed by atoms with Gasteiger partial charge in [-0.1, -0.05) is 31.5 Å². The van der Waals surface area contributed by atoms with Crippen LogP contribution >= 0.6 is 22.9 Å². The highest BCUT2D eigenvalue weighted by atomic mass is 35.5. The van der Waals surface area contributed by atoms with E-state index in [9.17, 15) is 0 Å². The summed E-state index contributed by atoms with van der Waals surface area (Å²) in [4.78, 5) is 9.73. The lowest BCUT2D eigenvalue weighted by atomic mass is 10.0. The molecule has 0 bridgehead atoms. The Bertz CT molecular complexity index is 491. The van der Waals surface area contributed by atoms with Crippen LogP contribution in [0.3, 0.4) is 0 Å². The summed E-state index contributed by atoms with van der Waals surface area (Å²) in [6, 6.07) is 6.21. The van der Waals surface area contributed by atoms with E-state index in [2.05, 4.69) is 46.6 Å². The average molecular weight is 282 g/mol. The van der Waals surface area contributed by atoms with Gasteiger partial charge in [-0.2, -0.15) is 0 Å². The Kier molecular flexibility index (Phi) is 4.19. The highest BCUT2D eigenvalue weighted by Gasteiger charge is 2.17. The first-order valence-electron chi connectivity index (χ1n) is 5.87. The fraction of sp³-hybridized carbons (Fsp3) is 0.385. The largest absolute Gasteiger partial charge is 0.362 e. The van der Waals surface area contributed by atoms with E-state index in [1.807, 2.05) is 6.92 Å². The minimum Gasteiger partial charge on any atom is -0.362 e. The summed E-state index contributed by atoms with van der Waals surface area (Å²) >= 11 is 7.70. The number of nitrogens with zero attached hydrogens (tertiary/aromatic N) is 2. The fourth-order valence-electron chi connectivity index (χ4n) is 1.80. The molecule has 1 unspecified atom stereocenters. The Labute approximate surface area is 116 Å². The van der Waals surface area contributed by atoms with Gasteiger partial charge < -0.3 is 5.32 Å². The molecule has 1 atom stereocenters. The monoisotopic (exact) mass is 281 g/mol. The molecule has 0 aliphatic carbocycles. The van der Waals surface area contributed by atoms with Gasteiger partial charge in [-0.3, -0.25) is 0 Å². The first-order valence-corrected chi connectivity index (χ1v) is 7.13. The van der Waals surface area contributed by atoms with E-state index in [-0.39, 0.29) is 6.04 Å². The van der Waals surface area contributed by atoms with Crippen LogP contribution in [0, 0.1) is 12.8 Å². The van der Waals surface area contributed by atoms with Gasteiger partial charge in [0.1, 0.15) is 16.8 Å². The maximum absolute atomic E-state index is 5.95. The van der Waals surface area contributed by atoms with Gasteiger partial charge in [0, 0.05) is 10.9 Å². The van der Waals surface area contributed by atoms with Gasteiger partial charge in [-0.15, -0.1) is 11.3 Å². The molecular weight excluding hydrogens is 266 g/mol. The molecule has 96 valence electrons. The summed E-state index contributed by atoms with van der Waals surface area (Å²) in [7, 11) is 0. The second kappa shape index (κ2) is 5.67. The summed E-state index contributed by atoms with van der Waals surface area (Å²) in [5, 5.41) is 6.00. The van der Waals surface area contributed by atoms with Gasteiger partial charge in [-0.25, -0.2) is 9.97 Å². The number of hydrogen-bond donors (Lipinski definition) is 1. The number of hydrogen-bond acceptors (Lipinski definition) is 4. The highest BCUT2D eigenvalue weighted by molar-refractivity contribution is 7.10. The Balaban J connectivity index is 2.24. The normalized spacial score (nSPS) is 12.7. The van der Waals surface area contributed by atoms with Crippen LogP contribution in [0.1, 0.15) is 30.6 Å². The molecule has 0 fully saturated rings. The molecule has 5 heteroatoms. The van der Waals surface area contributed by atoms with Crippen molar-refractivity contribution < 1.29 is 0 Å². The molecule has 2 heterocycles. The molecule has 0 aromatic carbocycles. The second-order valence-electron chi connectivity index (χ2n) is 4.50. The van der Waals surface area contributed by atoms with Crippen LogP contribution in [-0.4, -0.2) is 9.97 Å². The molecule has 1 N–H and O–H groups in total. The van der Waals surface area contributed by atoms with Crippen molar-refractivity contribution in [1.82, 2.24) is 9.97 Å². The van der Waals surface area contributed by atoms with Crippen molar-refractivity contribution in [2.75, 3.05) is 5.32 Å². The molecule has 0 radical (unpaired) electrons. The average Bonchev–Trinajstić information content (AvgIpc) is 2.77. The summed E-state index contributed by atoms with van der Waals surface area (Å²) in [6.45, 7) is 6.21. The molecule has 0 saturated heterocycles. The number of aryl methyl sites for hydroxylation is 1. The minimum absolute atomic E-state index is 0.246. The number of halogens is 1. The van der Waals surface area contributed by atoms with E-state index in [1.54, 1.807) is 17.4 Å². The molecule has 0 aliphatic rings. The third-order valence-electron chi connectivity index (χ3n) is 2.63. The molecule has 0 spiro atoms. The molecule has 2 rings (SSSR count). The first-order chi connectivity index (χ1) is 8.56. The van der Waals surface area contributed by atoms with Crippen LogP contribution in [-0.2, 0) is 0 Å². The third kappa shape index (κ3) is 3.21. The van der Waals surface area contributed by atoms with E-state index in [0.29, 0.717) is 16.9 Å². The van der Waals surface area contributed by atoms with Crippen LogP contribution in [0.5, 0.6) is 0 Å². The predicted molar refractivity (Wildman–Crippen MR) is 77.3 cm³/mol. The van der Waals surface area contributed by atoms with Gasteiger partial charge in [-0.05, 0) is 24.3 Å². The maximum Gasteiger partial charge on any atom is 0.134 e. The summed E-state index contributed by atoms with van der Waals surface area (Å²) in [5.74, 6) is 1.93. The lowest BCUT2D eigenvalue weighted by Gasteiger charge is -2.22. The molecule has 0 aliphatic heterocycles. The number of aromatic nitrogens is 2. The molecule has 3 nitrogen and oxygen atoms in total. The third-order valence-corrected chi connectivity index (χ3v) is 3.78. The lowest BCUT2D eigenvalue weighted by Crippen LogP contribution is -2.16. The van der Waals surface area contributed by atoms with E-state index in [1.165, 1.54) is 4.88 Å². The first kappa shape index (κ1) is 13.3. The van der Waals surface area contributed by atoms with Crippen LogP contribution in [0.25, 0.3) is 0 Å². The molecule has 0 saturated carbocycles. The Morgan fingerprint density at radius 1 is 1.33 bits per heavy atom. The quantitative estimate of drug-likeness (QED) is 0.849. The zero-order valence-corrected chi connectivity index (χ0v) is 12.2. The lowest BCUT2D eigenvalue weighted by molar-refractivity contribution is 0.551. The molecule has 0 amide bonds. The van der Waals surface area contributed by atoms with Crippen LogP contribution in [0.4, 0.5) is 5.82 Å². The van der Waals surface area contributed by atoms with Crippen LogP contribution < -0.4 is 5.32 Å². The fourth-order valence-corrected chi connectivity index (χ4v) is 2.97. The zero-order valence-electron chi connectivity index (χ0n) is 10.6. The van der Waals surface area contributed by atoms with Crippen molar-refractivity contribution in [3.63, 3.8) is 0 Å². The van der Waals surface area contributed by atoms with Crippen molar-refractivity contribution >= 4 is 28.8 Å². The van der Waals surface area contributed by atoms with Gasteiger partial charge in [0.25, 0.3) is 0 Å². The van der Waals surface area contributed by atoms with Crippen molar-refractivity contribution in [2.45, 2.75) is 26.8 Å². The van der Waals surface area contributed by atoms with E-state index in [4.69, 9.17) is 11.6 Å². The Morgan fingerprint density at radius 3 is 2.67 bits per heavy atom. The summed E-state index contributed by atoms with van der Waals surface area (Å²) in [6.07, 6.45) is 0. The van der Waals surface area contributed by atoms with Gasteiger partial charge >= 0.3 is 0 Å². The molecule has 2 aromatic rings. The van der Waals surface area contributed by atoms with E-state index < -0.39 is 0 Å². The smallest absolute Gasteiger partial charge is 0.134 e. The predicted octanol–water partition coefficient (Wildman–Crippen LogP) is 4.31. The molecular formula is C13H16ClN3S. The summed E-state index contributed by atoms with van der Waals surface area (Å²) in [5.41, 5.74) is 0. The Hall–Kier alpha value is -1.13. The number of anilines is 1. The van der Waals surface area contributed by atoms with Crippen molar-refractivity contribution in [3.8, 4) is 0 Å². The van der Waals surface area contributed by atoms with Crippen LogP contribution in [0.2, 0.25) is 5.15 Å². The topological polar surface area (TPSA) is 37.8 Å². The minimum atomic E-state index is 0.246. The van der Waals surface area contributed by atoms with Gasteiger partial charge in [0.2, 0.25) is 0 Å². The molecule has 2 aromatic heterocycles. The molecule has 18 heavy (non-hydrogen) atoms. The second-order valence-corrected chi connectivity index (χ2v) is 5.87. The van der Waals surface area contributed by atoms with Crippen molar-refractivity contribution in [2.24, 2.45) is 5.92 Å². The number of thiophene rings is 1. The van der Waals surface area contributed by atoms with E-state index in [0.717, 1.165) is 5.82 Å². The summed E-state index contributed by atoms with van der Waals surface area (Å²) < 4.78 is 0. The van der Waals surface area contributed by atoms with Crippen LogP contribution in [0.15, 0.2) is 23.6 Å². The number of nitrogens with one attached hydrogen (secondary N) is 1. The Morgan fingerprint density at radius 2 is 2.11 bits per heavy atom. The van der Waals surface area contributed by atoms with Crippen molar-refractivity contribution in [1.29, 1.82) is 0 Å². The van der Waals surface area contributed by atoms with E-state index >= 15 is 0 Å². The van der Waals surface area contributed by atoms with Gasteiger partial charge in [0.15, 0.2) is 0 Å². The maximum atomic E-state index is 5.95. The zero-order chi connectivity index (χ0) is 13.1. The number of rotatable bonds is 4. The van der Waals surface area contributed by atoms with Crippen molar-refractivity contribution in [3.05, 3.63) is 39.4 Å². The van der Waals surface area contributed by atoms with Gasteiger partial charge in [0.05, 0.1) is 6.04 Å². The standard InChI is InChI=1S/C13H16ClN3S/c1-8(2)13(10-5-4-6-18-10)17-12-7-11(14)15-9(3)16-12/h4-8,13H,1-3H3,(H,15,16,17). The SMILES string of the molecule is Cc1nc(Cl)cc(NC(c2cccs2)C(C)C)n1. The highest BCUT2D eigenvalue weighted by Crippen LogP contribution is 2.29.